The number of hydrogen-bond donors (Lipinski definition) is 1. The predicted molar refractivity (Wildman–Crippen MR) is 111 cm³/mol. The number of fused-ring (bicyclic) bond motifs is 1. The molecule has 3 aromatic rings. The molecule has 1 amide bonds. The molecule has 0 saturated carbocycles. The predicted octanol–water partition coefficient (Wildman–Crippen LogP) is 4.26. The lowest BCUT2D eigenvalue weighted by Crippen LogP contribution is -2.12. The number of benzene rings is 3. The summed E-state index contributed by atoms with van der Waals surface area (Å²) in [7, 11) is 3.19. The van der Waals surface area contributed by atoms with Crippen molar-refractivity contribution in [3.63, 3.8) is 0 Å². The third kappa shape index (κ3) is 4.25. The quantitative estimate of drug-likeness (QED) is 0.631. The van der Waals surface area contributed by atoms with Crippen LogP contribution in [0.5, 0.6) is 28.7 Å². The summed E-state index contributed by atoms with van der Waals surface area (Å²) in [5.74, 6) is 3.10. The van der Waals surface area contributed by atoms with Crippen molar-refractivity contribution >= 4 is 11.6 Å². The molecule has 0 saturated heterocycles. The topological polar surface area (TPSA) is 75.3 Å². The van der Waals surface area contributed by atoms with Crippen LogP contribution in [0.25, 0.3) is 0 Å². The van der Waals surface area contributed by atoms with Gasteiger partial charge in [-0.25, -0.2) is 0 Å². The SMILES string of the molecule is COc1ccc(OCc2cc(C(=O)Nc3ccc4c(c3)OCO4)ccc2OC)cc1. The molecule has 0 atom stereocenters. The van der Waals surface area contributed by atoms with Crippen LogP contribution in [0.3, 0.4) is 0 Å². The molecule has 30 heavy (non-hydrogen) atoms. The molecule has 154 valence electrons. The molecule has 0 aliphatic carbocycles. The maximum absolute atomic E-state index is 12.7. The first-order chi connectivity index (χ1) is 14.7. The minimum Gasteiger partial charge on any atom is -0.497 e. The van der Waals surface area contributed by atoms with Crippen LogP contribution in [-0.4, -0.2) is 26.9 Å². The van der Waals surface area contributed by atoms with Crippen molar-refractivity contribution in [3.8, 4) is 28.7 Å². The molecule has 1 heterocycles. The van der Waals surface area contributed by atoms with E-state index in [0.717, 1.165) is 11.3 Å². The van der Waals surface area contributed by atoms with Crippen molar-refractivity contribution in [2.75, 3.05) is 26.3 Å². The van der Waals surface area contributed by atoms with Gasteiger partial charge in [-0.3, -0.25) is 4.79 Å². The summed E-state index contributed by atoms with van der Waals surface area (Å²) in [5.41, 5.74) is 1.87. The average Bonchev–Trinajstić information content (AvgIpc) is 3.25. The molecular formula is C23H21NO6. The van der Waals surface area contributed by atoms with Crippen LogP contribution < -0.4 is 29.0 Å². The zero-order valence-electron chi connectivity index (χ0n) is 16.6. The Morgan fingerprint density at radius 3 is 2.43 bits per heavy atom. The zero-order chi connectivity index (χ0) is 20.9. The summed E-state index contributed by atoms with van der Waals surface area (Å²) in [6, 6.07) is 17.8. The molecule has 0 aromatic heterocycles. The molecule has 0 fully saturated rings. The maximum Gasteiger partial charge on any atom is 0.255 e. The Bertz CT molecular complexity index is 1050. The lowest BCUT2D eigenvalue weighted by molar-refractivity contribution is 0.102. The Balaban J connectivity index is 1.47. The second-order valence-electron chi connectivity index (χ2n) is 6.51. The normalized spacial score (nSPS) is 11.7. The van der Waals surface area contributed by atoms with Gasteiger partial charge in [-0.15, -0.1) is 0 Å². The van der Waals surface area contributed by atoms with Gasteiger partial charge in [0.05, 0.1) is 14.2 Å². The summed E-state index contributed by atoms with van der Waals surface area (Å²) >= 11 is 0. The molecule has 1 aliphatic rings. The van der Waals surface area contributed by atoms with Crippen molar-refractivity contribution in [1.29, 1.82) is 0 Å². The largest absolute Gasteiger partial charge is 0.497 e. The Kier molecular flexibility index (Phi) is 5.61. The fourth-order valence-electron chi connectivity index (χ4n) is 3.04. The molecule has 1 N–H and O–H groups in total. The molecule has 0 unspecified atom stereocenters. The van der Waals surface area contributed by atoms with Gasteiger partial charge in [-0.1, -0.05) is 0 Å². The Labute approximate surface area is 174 Å². The summed E-state index contributed by atoms with van der Waals surface area (Å²) in [6.45, 7) is 0.434. The van der Waals surface area contributed by atoms with Gasteiger partial charge in [-0.2, -0.15) is 0 Å². The van der Waals surface area contributed by atoms with Gasteiger partial charge in [0, 0.05) is 22.9 Å². The number of hydrogen-bond acceptors (Lipinski definition) is 6. The number of methoxy groups -OCH3 is 2. The molecule has 0 bridgehead atoms. The molecule has 7 heteroatoms. The highest BCUT2D eigenvalue weighted by Gasteiger charge is 2.16. The van der Waals surface area contributed by atoms with Gasteiger partial charge in [0.2, 0.25) is 6.79 Å². The van der Waals surface area contributed by atoms with Crippen molar-refractivity contribution in [2.24, 2.45) is 0 Å². The van der Waals surface area contributed by atoms with Crippen molar-refractivity contribution in [2.45, 2.75) is 6.61 Å². The van der Waals surface area contributed by atoms with Crippen molar-refractivity contribution in [1.82, 2.24) is 0 Å². The minimum atomic E-state index is -0.248. The first-order valence-corrected chi connectivity index (χ1v) is 9.31. The van der Waals surface area contributed by atoms with E-state index in [1.807, 2.05) is 24.3 Å². The van der Waals surface area contributed by atoms with Crippen LogP contribution in [0.15, 0.2) is 60.7 Å². The average molecular weight is 407 g/mol. The van der Waals surface area contributed by atoms with E-state index >= 15 is 0 Å². The number of nitrogens with one attached hydrogen (secondary N) is 1. The van der Waals surface area contributed by atoms with Crippen molar-refractivity contribution in [3.05, 3.63) is 71.8 Å². The Morgan fingerprint density at radius 1 is 0.900 bits per heavy atom. The van der Waals surface area contributed by atoms with E-state index in [-0.39, 0.29) is 19.3 Å². The smallest absolute Gasteiger partial charge is 0.255 e. The molecule has 4 rings (SSSR count). The number of carbonyl (C=O) groups excluding carboxylic acids is 1. The van der Waals surface area contributed by atoms with E-state index in [1.54, 1.807) is 50.6 Å². The number of rotatable bonds is 7. The van der Waals surface area contributed by atoms with Crippen LogP contribution in [-0.2, 0) is 6.61 Å². The van der Waals surface area contributed by atoms with E-state index in [4.69, 9.17) is 23.7 Å². The molecule has 0 radical (unpaired) electrons. The van der Waals surface area contributed by atoms with Gasteiger partial charge in [0.1, 0.15) is 23.9 Å². The Hall–Kier alpha value is -3.87. The van der Waals surface area contributed by atoms with E-state index < -0.39 is 0 Å². The second kappa shape index (κ2) is 8.65. The molecule has 3 aromatic carbocycles. The summed E-state index contributed by atoms with van der Waals surface area (Å²) in [4.78, 5) is 12.7. The van der Waals surface area contributed by atoms with E-state index in [9.17, 15) is 4.79 Å². The molecule has 1 aliphatic heterocycles. The van der Waals surface area contributed by atoms with Crippen LogP contribution in [0.4, 0.5) is 5.69 Å². The summed E-state index contributed by atoms with van der Waals surface area (Å²) < 4.78 is 27.0. The fraction of sp³-hybridized carbons (Fsp3) is 0.174. The first-order valence-electron chi connectivity index (χ1n) is 9.31. The third-order valence-corrected chi connectivity index (χ3v) is 4.63. The fourth-order valence-corrected chi connectivity index (χ4v) is 3.04. The lowest BCUT2D eigenvalue weighted by atomic mass is 10.1. The Morgan fingerprint density at radius 2 is 1.67 bits per heavy atom. The summed E-state index contributed by atoms with van der Waals surface area (Å²) in [5, 5.41) is 2.87. The monoisotopic (exact) mass is 407 g/mol. The van der Waals surface area contributed by atoms with Crippen LogP contribution >= 0.6 is 0 Å². The highest BCUT2D eigenvalue weighted by atomic mass is 16.7. The van der Waals surface area contributed by atoms with Gasteiger partial charge in [0.15, 0.2) is 11.5 Å². The lowest BCUT2D eigenvalue weighted by Gasteiger charge is -2.13. The van der Waals surface area contributed by atoms with Gasteiger partial charge in [0.25, 0.3) is 5.91 Å². The molecular weight excluding hydrogens is 386 g/mol. The highest BCUT2D eigenvalue weighted by molar-refractivity contribution is 6.04. The van der Waals surface area contributed by atoms with E-state index in [2.05, 4.69) is 5.32 Å². The van der Waals surface area contributed by atoms with Crippen LogP contribution in [0.2, 0.25) is 0 Å². The zero-order valence-corrected chi connectivity index (χ0v) is 16.6. The van der Waals surface area contributed by atoms with Crippen molar-refractivity contribution < 1.29 is 28.5 Å². The highest BCUT2D eigenvalue weighted by Crippen LogP contribution is 2.34. The van der Waals surface area contributed by atoms with Gasteiger partial charge in [-0.05, 0) is 54.6 Å². The van der Waals surface area contributed by atoms with Gasteiger partial charge >= 0.3 is 0 Å². The first kappa shape index (κ1) is 19.4. The number of carbonyl (C=O) groups is 1. The number of anilines is 1. The van der Waals surface area contributed by atoms with E-state index in [0.29, 0.717) is 34.2 Å². The molecule has 7 nitrogen and oxygen atoms in total. The minimum absolute atomic E-state index is 0.183. The van der Waals surface area contributed by atoms with E-state index in [1.165, 1.54) is 0 Å². The van der Waals surface area contributed by atoms with Crippen LogP contribution in [0.1, 0.15) is 15.9 Å². The molecule has 0 spiro atoms. The van der Waals surface area contributed by atoms with Gasteiger partial charge < -0.3 is 29.0 Å². The van der Waals surface area contributed by atoms with Crippen LogP contribution in [0, 0.1) is 0 Å². The summed E-state index contributed by atoms with van der Waals surface area (Å²) in [6.07, 6.45) is 0. The third-order valence-electron chi connectivity index (χ3n) is 4.63. The maximum atomic E-state index is 12.7. The standard InChI is InChI=1S/C23H21NO6/c1-26-18-5-7-19(8-6-18)28-13-16-11-15(3-9-20(16)27-2)23(25)24-17-4-10-21-22(12-17)30-14-29-21/h3-12H,13-14H2,1-2H3,(H,24,25). The second-order valence-corrected chi connectivity index (χ2v) is 6.51. The number of amides is 1. The number of ether oxygens (including phenoxy) is 5.